The van der Waals surface area contributed by atoms with E-state index in [1.165, 1.54) is 5.56 Å². The second-order valence-electron chi connectivity index (χ2n) is 5.67. The van der Waals surface area contributed by atoms with Crippen LogP contribution in [0.15, 0.2) is 24.3 Å². The number of nitrogens with two attached hydrogens (primary N) is 1. The van der Waals surface area contributed by atoms with Gasteiger partial charge in [-0.05, 0) is 56.5 Å². The molecule has 0 aromatic heterocycles. The fraction of sp³-hybridized carbons (Fsp3) is 0.625. The van der Waals surface area contributed by atoms with Gasteiger partial charge < -0.3 is 15.4 Å². The Morgan fingerprint density at radius 2 is 1.89 bits per heavy atom. The first-order valence-electron chi connectivity index (χ1n) is 7.34. The molecule has 1 unspecified atom stereocenters. The van der Waals surface area contributed by atoms with Crippen LogP contribution in [0, 0.1) is 0 Å². The van der Waals surface area contributed by atoms with Crippen LogP contribution in [-0.4, -0.2) is 37.7 Å². The van der Waals surface area contributed by atoms with Gasteiger partial charge in [0, 0.05) is 13.1 Å². The third-order valence-electron chi connectivity index (χ3n) is 4.02. The molecule has 1 aliphatic heterocycles. The summed E-state index contributed by atoms with van der Waals surface area (Å²) in [6.45, 7) is 5.24. The van der Waals surface area contributed by atoms with Gasteiger partial charge in [-0.1, -0.05) is 19.1 Å². The molecule has 19 heavy (non-hydrogen) atoms. The summed E-state index contributed by atoms with van der Waals surface area (Å²) >= 11 is 0. The smallest absolute Gasteiger partial charge is 0.119 e. The van der Waals surface area contributed by atoms with Crippen molar-refractivity contribution in [3.8, 4) is 5.75 Å². The molecule has 0 aliphatic carbocycles. The topological polar surface area (TPSA) is 38.5 Å². The molecule has 0 amide bonds. The number of benzene rings is 1. The summed E-state index contributed by atoms with van der Waals surface area (Å²) in [5, 5.41) is 0. The van der Waals surface area contributed by atoms with Gasteiger partial charge in [0.15, 0.2) is 0 Å². The third kappa shape index (κ3) is 4.22. The Kier molecular flexibility index (Phi) is 5.23. The number of piperidine rings is 1. The fourth-order valence-corrected chi connectivity index (χ4v) is 2.59. The van der Waals surface area contributed by atoms with E-state index in [1.54, 1.807) is 0 Å². The molecular weight excluding hydrogens is 236 g/mol. The molecule has 1 aromatic rings. The van der Waals surface area contributed by atoms with Crippen molar-refractivity contribution in [1.29, 1.82) is 0 Å². The summed E-state index contributed by atoms with van der Waals surface area (Å²) in [5.74, 6) is 1.53. The zero-order valence-corrected chi connectivity index (χ0v) is 12.1. The maximum atomic E-state index is 6.05. The fourth-order valence-electron chi connectivity index (χ4n) is 2.59. The van der Waals surface area contributed by atoms with Gasteiger partial charge in [-0.15, -0.1) is 0 Å². The highest BCUT2D eigenvalue weighted by Gasteiger charge is 2.17. The average molecular weight is 262 g/mol. The summed E-state index contributed by atoms with van der Waals surface area (Å²) in [5.41, 5.74) is 6.95. The van der Waals surface area contributed by atoms with E-state index in [-0.39, 0.29) is 0 Å². The summed E-state index contributed by atoms with van der Waals surface area (Å²) in [6, 6.07) is 8.54. The van der Waals surface area contributed by atoms with Crippen molar-refractivity contribution < 1.29 is 4.74 Å². The van der Waals surface area contributed by atoms with Gasteiger partial charge in [0.05, 0.1) is 0 Å². The molecule has 0 spiro atoms. The quantitative estimate of drug-likeness (QED) is 0.886. The van der Waals surface area contributed by atoms with E-state index in [4.69, 9.17) is 10.5 Å². The van der Waals surface area contributed by atoms with Gasteiger partial charge in [-0.25, -0.2) is 0 Å². The molecule has 3 nitrogen and oxygen atoms in total. The molecule has 1 heterocycles. The van der Waals surface area contributed by atoms with Crippen molar-refractivity contribution in [3.63, 3.8) is 0 Å². The van der Waals surface area contributed by atoms with Gasteiger partial charge in [-0.2, -0.15) is 0 Å². The van der Waals surface area contributed by atoms with E-state index in [9.17, 15) is 0 Å². The van der Waals surface area contributed by atoms with Gasteiger partial charge in [0.1, 0.15) is 11.9 Å². The molecule has 1 fully saturated rings. The van der Waals surface area contributed by atoms with Crippen LogP contribution >= 0.6 is 0 Å². The molecule has 1 atom stereocenters. The van der Waals surface area contributed by atoms with E-state index in [0.717, 1.165) is 44.6 Å². The molecule has 106 valence electrons. The lowest BCUT2D eigenvalue weighted by Gasteiger charge is -2.29. The van der Waals surface area contributed by atoms with Gasteiger partial charge in [0.2, 0.25) is 0 Å². The Balaban J connectivity index is 1.88. The highest BCUT2D eigenvalue weighted by atomic mass is 16.5. The lowest BCUT2D eigenvalue weighted by molar-refractivity contribution is 0.114. The number of hydrogen-bond acceptors (Lipinski definition) is 3. The van der Waals surface area contributed by atoms with Crippen LogP contribution in [0.1, 0.15) is 37.7 Å². The van der Waals surface area contributed by atoms with Gasteiger partial charge >= 0.3 is 0 Å². The zero-order chi connectivity index (χ0) is 13.7. The largest absolute Gasteiger partial charge is 0.490 e. The van der Waals surface area contributed by atoms with E-state index in [2.05, 4.69) is 43.1 Å². The Morgan fingerprint density at radius 3 is 2.47 bits per heavy atom. The van der Waals surface area contributed by atoms with Crippen molar-refractivity contribution in [1.82, 2.24) is 4.90 Å². The minimum atomic E-state index is 0.378. The molecule has 3 heteroatoms. The molecule has 2 N–H and O–H groups in total. The van der Waals surface area contributed by atoms with Crippen LogP contribution in [0.3, 0.4) is 0 Å². The van der Waals surface area contributed by atoms with E-state index < -0.39 is 0 Å². The Morgan fingerprint density at radius 1 is 1.26 bits per heavy atom. The Labute approximate surface area is 116 Å². The van der Waals surface area contributed by atoms with Crippen molar-refractivity contribution >= 4 is 0 Å². The van der Waals surface area contributed by atoms with Crippen molar-refractivity contribution in [2.45, 2.75) is 38.2 Å². The lowest BCUT2D eigenvalue weighted by atomic mass is 9.98. The summed E-state index contributed by atoms with van der Waals surface area (Å²) < 4.78 is 6.05. The molecule has 1 aromatic carbocycles. The molecule has 0 radical (unpaired) electrons. The molecule has 1 saturated heterocycles. The number of nitrogens with zero attached hydrogens (tertiary/aromatic N) is 1. The number of ether oxygens (including phenoxy) is 1. The first kappa shape index (κ1) is 14.4. The highest BCUT2D eigenvalue weighted by Crippen LogP contribution is 2.23. The highest BCUT2D eigenvalue weighted by molar-refractivity contribution is 5.29. The molecule has 2 rings (SSSR count). The number of hydrogen-bond donors (Lipinski definition) is 1. The van der Waals surface area contributed by atoms with Crippen LogP contribution in [0.4, 0.5) is 0 Å². The van der Waals surface area contributed by atoms with Crippen LogP contribution < -0.4 is 10.5 Å². The SMILES string of the molecule is CC(CCN)c1ccc(OC2CCN(C)CC2)cc1. The van der Waals surface area contributed by atoms with Crippen LogP contribution in [0.2, 0.25) is 0 Å². The summed E-state index contributed by atoms with van der Waals surface area (Å²) in [6.07, 6.45) is 3.67. The van der Waals surface area contributed by atoms with E-state index in [1.807, 2.05) is 0 Å². The number of likely N-dealkylation sites (tertiary alicyclic amines) is 1. The minimum absolute atomic E-state index is 0.378. The maximum Gasteiger partial charge on any atom is 0.119 e. The molecular formula is C16H26N2O. The first-order valence-corrected chi connectivity index (χ1v) is 7.34. The van der Waals surface area contributed by atoms with E-state index >= 15 is 0 Å². The van der Waals surface area contributed by atoms with Crippen LogP contribution in [-0.2, 0) is 0 Å². The standard InChI is InChI=1S/C16H26N2O/c1-13(7-10-17)14-3-5-15(6-4-14)19-16-8-11-18(2)12-9-16/h3-6,13,16H,7-12,17H2,1-2H3. The Hall–Kier alpha value is -1.06. The summed E-state index contributed by atoms with van der Waals surface area (Å²) in [7, 11) is 2.17. The van der Waals surface area contributed by atoms with Gasteiger partial charge in [0.25, 0.3) is 0 Å². The lowest BCUT2D eigenvalue weighted by Crippen LogP contribution is -2.35. The predicted molar refractivity (Wildman–Crippen MR) is 79.7 cm³/mol. The monoisotopic (exact) mass is 262 g/mol. The first-order chi connectivity index (χ1) is 9.19. The minimum Gasteiger partial charge on any atom is -0.490 e. The average Bonchev–Trinajstić information content (AvgIpc) is 2.42. The van der Waals surface area contributed by atoms with Gasteiger partial charge in [-0.3, -0.25) is 0 Å². The maximum absolute atomic E-state index is 6.05. The summed E-state index contributed by atoms with van der Waals surface area (Å²) in [4.78, 5) is 2.36. The molecule has 1 aliphatic rings. The second-order valence-corrected chi connectivity index (χ2v) is 5.67. The predicted octanol–water partition coefficient (Wildman–Crippen LogP) is 2.61. The van der Waals surface area contributed by atoms with Crippen molar-refractivity contribution in [3.05, 3.63) is 29.8 Å². The van der Waals surface area contributed by atoms with Crippen molar-refractivity contribution in [2.24, 2.45) is 5.73 Å². The third-order valence-corrected chi connectivity index (χ3v) is 4.02. The Bertz CT molecular complexity index is 369. The molecule has 0 bridgehead atoms. The van der Waals surface area contributed by atoms with Crippen LogP contribution in [0.25, 0.3) is 0 Å². The zero-order valence-electron chi connectivity index (χ0n) is 12.1. The van der Waals surface area contributed by atoms with Crippen LogP contribution in [0.5, 0.6) is 5.75 Å². The normalized spacial score (nSPS) is 19.3. The van der Waals surface area contributed by atoms with E-state index in [0.29, 0.717) is 12.0 Å². The molecule has 0 saturated carbocycles. The number of rotatable bonds is 5. The van der Waals surface area contributed by atoms with Crippen molar-refractivity contribution in [2.75, 3.05) is 26.7 Å². The second kappa shape index (κ2) is 6.92.